The Morgan fingerprint density at radius 2 is 1.90 bits per heavy atom. The molecule has 0 bridgehead atoms. The van der Waals surface area contributed by atoms with E-state index in [0.717, 1.165) is 66.4 Å². The maximum atomic E-state index is 12.4. The summed E-state index contributed by atoms with van der Waals surface area (Å²) in [7, 11) is 2.13. The van der Waals surface area contributed by atoms with Gasteiger partial charge in [-0.15, -0.1) is 0 Å². The van der Waals surface area contributed by atoms with Crippen molar-refractivity contribution in [1.82, 2.24) is 19.8 Å². The van der Waals surface area contributed by atoms with E-state index < -0.39 is 0 Å². The van der Waals surface area contributed by atoms with Gasteiger partial charge in [0.25, 0.3) is 0 Å². The Morgan fingerprint density at radius 3 is 2.62 bits per heavy atom. The van der Waals surface area contributed by atoms with Crippen LogP contribution in [0, 0.1) is 0 Å². The summed E-state index contributed by atoms with van der Waals surface area (Å²) in [6.45, 7) is 5.51. The first-order chi connectivity index (χ1) is 14.1. The quantitative estimate of drug-likeness (QED) is 0.599. The number of likely N-dealkylation sites (N-methyl/N-ethyl adjacent to an activating group) is 1. The fraction of sp³-hybridized carbons (Fsp3) is 0.364. The number of rotatable bonds is 6. The van der Waals surface area contributed by atoms with Crippen LogP contribution in [0.25, 0.3) is 22.4 Å². The number of aromatic amines is 1. The van der Waals surface area contributed by atoms with Gasteiger partial charge in [0.05, 0.1) is 11.0 Å². The molecule has 152 valence electrons. The van der Waals surface area contributed by atoms with Gasteiger partial charge in [0.15, 0.2) is 0 Å². The monoisotopic (exact) mass is 392 g/mol. The van der Waals surface area contributed by atoms with Gasteiger partial charge in [0.2, 0.25) is 5.91 Å². The van der Waals surface area contributed by atoms with E-state index in [-0.39, 0.29) is 5.91 Å². The number of fused-ring (bicyclic) bond motifs is 1. The molecule has 0 aliphatic carbocycles. The van der Waals surface area contributed by atoms with E-state index in [1.807, 2.05) is 42.5 Å². The van der Waals surface area contributed by atoms with Gasteiger partial charge in [-0.25, -0.2) is 4.98 Å². The zero-order valence-corrected chi connectivity index (χ0v) is 16.8. The van der Waals surface area contributed by atoms with Crippen LogP contribution in [0.4, 0.5) is 5.69 Å². The molecular formula is C22H28N6O. The average Bonchev–Trinajstić information content (AvgIpc) is 3.17. The standard InChI is InChI=1S/C22H28N6O/c1-27-10-12-28(13-11-27)9-8-21(29)24-18-6-7-19-20(14-18)26-22(25-19)17-4-2-16(15-23)3-5-17/h2-7,14H,8-13,15,23H2,1H3,(H,24,29)(H,25,26). The molecule has 0 atom stereocenters. The highest BCUT2D eigenvalue weighted by Crippen LogP contribution is 2.23. The first kappa shape index (κ1) is 19.6. The fourth-order valence-electron chi connectivity index (χ4n) is 3.57. The second-order valence-corrected chi connectivity index (χ2v) is 7.66. The number of hydrogen-bond donors (Lipinski definition) is 3. The minimum Gasteiger partial charge on any atom is -0.338 e. The second kappa shape index (κ2) is 8.73. The van der Waals surface area contributed by atoms with Crippen molar-refractivity contribution in [1.29, 1.82) is 0 Å². The van der Waals surface area contributed by atoms with Crippen molar-refractivity contribution in [3.8, 4) is 11.4 Å². The smallest absolute Gasteiger partial charge is 0.225 e. The number of anilines is 1. The summed E-state index contributed by atoms with van der Waals surface area (Å²) in [5.74, 6) is 0.846. The van der Waals surface area contributed by atoms with Crippen molar-refractivity contribution in [2.75, 3.05) is 45.1 Å². The van der Waals surface area contributed by atoms with E-state index in [2.05, 4.69) is 32.1 Å². The normalized spacial score (nSPS) is 15.7. The number of piperazine rings is 1. The number of benzene rings is 2. The molecule has 7 nitrogen and oxygen atoms in total. The third-order valence-electron chi connectivity index (χ3n) is 5.48. The molecule has 7 heteroatoms. The molecule has 4 rings (SSSR count). The van der Waals surface area contributed by atoms with E-state index in [4.69, 9.17) is 5.73 Å². The Morgan fingerprint density at radius 1 is 1.14 bits per heavy atom. The maximum absolute atomic E-state index is 12.4. The number of amides is 1. The number of nitrogens with zero attached hydrogens (tertiary/aromatic N) is 3. The first-order valence-electron chi connectivity index (χ1n) is 10.1. The van der Waals surface area contributed by atoms with E-state index >= 15 is 0 Å². The van der Waals surface area contributed by atoms with Gasteiger partial charge in [-0.2, -0.15) is 0 Å². The fourth-order valence-corrected chi connectivity index (χ4v) is 3.57. The lowest BCUT2D eigenvalue weighted by atomic mass is 10.1. The summed E-state index contributed by atoms with van der Waals surface area (Å²) in [6, 6.07) is 13.8. The van der Waals surface area contributed by atoms with Crippen LogP contribution >= 0.6 is 0 Å². The van der Waals surface area contributed by atoms with Gasteiger partial charge < -0.3 is 25.8 Å². The molecular weight excluding hydrogens is 364 g/mol. The number of nitrogens with one attached hydrogen (secondary N) is 2. The van der Waals surface area contributed by atoms with Crippen molar-refractivity contribution < 1.29 is 4.79 Å². The molecule has 29 heavy (non-hydrogen) atoms. The zero-order valence-electron chi connectivity index (χ0n) is 16.8. The SMILES string of the molecule is CN1CCN(CCC(=O)Nc2ccc3[nH]c(-c4ccc(CN)cc4)nc3c2)CC1. The molecule has 0 spiro atoms. The van der Waals surface area contributed by atoms with E-state index in [1.54, 1.807) is 0 Å². The highest BCUT2D eigenvalue weighted by Gasteiger charge is 2.15. The molecule has 0 unspecified atom stereocenters. The molecule has 1 amide bonds. The van der Waals surface area contributed by atoms with Gasteiger partial charge >= 0.3 is 0 Å². The number of nitrogens with two attached hydrogens (primary N) is 1. The largest absolute Gasteiger partial charge is 0.338 e. The predicted molar refractivity (Wildman–Crippen MR) is 117 cm³/mol. The van der Waals surface area contributed by atoms with E-state index in [9.17, 15) is 4.79 Å². The molecule has 1 aromatic heterocycles. The van der Waals surface area contributed by atoms with Crippen LogP contribution in [0.2, 0.25) is 0 Å². The Bertz CT molecular complexity index is 973. The summed E-state index contributed by atoms with van der Waals surface area (Å²) in [5, 5.41) is 3.00. The topological polar surface area (TPSA) is 90.3 Å². The van der Waals surface area contributed by atoms with Crippen molar-refractivity contribution >= 4 is 22.6 Å². The predicted octanol–water partition coefficient (Wildman–Crippen LogP) is 2.26. The number of imidazole rings is 1. The summed E-state index contributed by atoms with van der Waals surface area (Å²) >= 11 is 0. The molecule has 4 N–H and O–H groups in total. The molecule has 1 aliphatic rings. The van der Waals surface area contributed by atoms with Gasteiger partial charge in [-0.05, 0) is 30.8 Å². The number of carbonyl (C=O) groups is 1. The van der Waals surface area contributed by atoms with E-state index in [1.165, 1.54) is 0 Å². The number of hydrogen-bond acceptors (Lipinski definition) is 5. The number of H-pyrrole nitrogens is 1. The van der Waals surface area contributed by atoms with Crippen LogP contribution < -0.4 is 11.1 Å². The molecule has 1 saturated heterocycles. The highest BCUT2D eigenvalue weighted by atomic mass is 16.1. The minimum atomic E-state index is 0.0383. The van der Waals surface area contributed by atoms with Crippen molar-refractivity contribution in [3.63, 3.8) is 0 Å². The maximum Gasteiger partial charge on any atom is 0.225 e. The molecule has 2 heterocycles. The molecule has 1 fully saturated rings. The molecule has 0 saturated carbocycles. The van der Waals surface area contributed by atoms with Gasteiger partial charge in [-0.1, -0.05) is 24.3 Å². The van der Waals surface area contributed by atoms with Crippen LogP contribution in [0.3, 0.4) is 0 Å². The summed E-state index contributed by atoms with van der Waals surface area (Å²) < 4.78 is 0. The van der Waals surface area contributed by atoms with Gasteiger partial charge in [0.1, 0.15) is 5.82 Å². The number of aromatic nitrogens is 2. The van der Waals surface area contributed by atoms with Crippen molar-refractivity contribution in [2.45, 2.75) is 13.0 Å². The van der Waals surface area contributed by atoms with Crippen LogP contribution in [-0.2, 0) is 11.3 Å². The summed E-state index contributed by atoms with van der Waals surface area (Å²) in [6.07, 6.45) is 0.501. The second-order valence-electron chi connectivity index (χ2n) is 7.66. The summed E-state index contributed by atoms with van der Waals surface area (Å²) in [5.41, 5.74) is 10.3. The third-order valence-corrected chi connectivity index (χ3v) is 5.48. The lowest BCUT2D eigenvalue weighted by Crippen LogP contribution is -2.45. The van der Waals surface area contributed by atoms with Crippen LogP contribution in [0.5, 0.6) is 0 Å². The molecule has 1 aliphatic heterocycles. The Kier molecular flexibility index (Phi) is 5.89. The first-order valence-corrected chi connectivity index (χ1v) is 10.1. The highest BCUT2D eigenvalue weighted by molar-refractivity contribution is 5.93. The number of carbonyl (C=O) groups excluding carboxylic acids is 1. The zero-order chi connectivity index (χ0) is 20.2. The van der Waals surface area contributed by atoms with Crippen LogP contribution in [0.15, 0.2) is 42.5 Å². The van der Waals surface area contributed by atoms with Gasteiger partial charge in [-0.3, -0.25) is 4.79 Å². The Hall–Kier alpha value is -2.74. The molecule has 0 radical (unpaired) electrons. The third kappa shape index (κ3) is 4.82. The van der Waals surface area contributed by atoms with E-state index in [0.29, 0.717) is 13.0 Å². The lowest BCUT2D eigenvalue weighted by Gasteiger charge is -2.32. The average molecular weight is 393 g/mol. The molecule has 3 aromatic rings. The summed E-state index contributed by atoms with van der Waals surface area (Å²) in [4.78, 5) is 25.0. The van der Waals surface area contributed by atoms with Crippen LogP contribution in [-0.4, -0.2) is 65.4 Å². The van der Waals surface area contributed by atoms with Crippen LogP contribution in [0.1, 0.15) is 12.0 Å². The Balaban J connectivity index is 1.38. The van der Waals surface area contributed by atoms with Crippen molar-refractivity contribution in [3.05, 3.63) is 48.0 Å². The van der Waals surface area contributed by atoms with Crippen molar-refractivity contribution in [2.24, 2.45) is 5.73 Å². The van der Waals surface area contributed by atoms with Gasteiger partial charge in [0, 0.05) is 56.9 Å². The minimum absolute atomic E-state index is 0.0383. The molecule has 2 aromatic carbocycles. The lowest BCUT2D eigenvalue weighted by molar-refractivity contribution is -0.116. The Labute approximate surface area is 170 Å².